The molecule has 2 aliphatic heterocycles. The maximum absolute atomic E-state index is 12.3. The summed E-state index contributed by atoms with van der Waals surface area (Å²) < 4.78 is 0. The van der Waals surface area contributed by atoms with Crippen LogP contribution in [0.15, 0.2) is 0 Å². The van der Waals surface area contributed by atoms with Crippen LogP contribution in [0, 0.1) is 5.92 Å². The molecule has 3 fully saturated rings. The lowest BCUT2D eigenvalue weighted by Crippen LogP contribution is -2.54. The summed E-state index contributed by atoms with van der Waals surface area (Å²) in [4.78, 5) is 27.8. The summed E-state index contributed by atoms with van der Waals surface area (Å²) in [5, 5.41) is 5.32. The van der Waals surface area contributed by atoms with Gasteiger partial charge in [-0.25, -0.2) is 4.79 Å². The molecule has 2 heterocycles. The van der Waals surface area contributed by atoms with Gasteiger partial charge in [0.25, 0.3) is 0 Å². The number of rotatable bonds is 3. The highest BCUT2D eigenvalue weighted by atomic mass is 16.2. The molecule has 0 bridgehead atoms. The fourth-order valence-corrected chi connectivity index (χ4v) is 3.71. The van der Waals surface area contributed by atoms with Crippen molar-refractivity contribution in [2.45, 2.75) is 38.1 Å². The zero-order valence-corrected chi connectivity index (χ0v) is 12.6. The van der Waals surface area contributed by atoms with Crippen molar-refractivity contribution in [2.24, 2.45) is 5.92 Å². The van der Waals surface area contributed by atoms with E-state index in [2.05, 4.69) is 15.5 Å². The molecule has 3 aliphatic rings. The van der Waals surface area contributed by atoms with Gasteiger partial charge in [-0.3, -0.25) is 9.69 Å². The van der Waals surface area contributed by atoms with Crippen molar-refractivity contribution in [3.63, 3.8) is 0 Å². The zero-order valence-electron chi connectivity index (χ0n) is 12.6. The van der Waals surface area contributed by atoms with Gasteiger partial charge in [-0.15, -0.1) is 0 Å². The van der Waals surface area contributed by atoms with Crippen molar-refractivity contribution in [3.05, 3.63) is 0 Å². The van der Waals surface area contributed by atoms with E-state index in [1.54, 1.807) is 0 Å². The van der Waals surface area contributed by atoms with Crippen LogP contribution in [0.2, 0.25) is 0 Å². The van der Waals surface area contributed by atoms with Crippen LogP contribution in [-0.4, -0.2) is 67.0 Å². The van der Waals surface area contributed by atoms with E-state index in [0.717, 1.165) is 32.1 Å². The number of hydrogen-bond acceptors (Lipinski definition) is 3. The highest BCUT2D eigenvalue weighted by molar-refractivity contribution is 5.90. The molecule has 1 atom stereocenters. The lowest BCUT2D eigenvalue weighted by molar-refractivity contribution is -0.134. The molecule has 0 aromatic carbocycles. The van der Waals surface area contributed by atoms with Crippen molar-refractivity contribution in [2.75, 3.05) is 39.3 Å². The van der Waals surface area contributed by atoms with Gasteiger partial charge in [0.05, 0.1) is 0 Å². The summed E-state index contributed by atoms with van der Waals surface area (Å²) in [6, 6.07) is -0.605. The van der Waals surface area contributed by atoms with Gasteiger partial charge in [0, 0.05) is 39.3 Å². The lowest BCUT2D eigenvalue weighted by Gasteiger charge is -2.38. The van der Waals surface area contributed by atoms with Gasteiger partial charge in [-0.2, -0.15) is 0 Å². The molecule has 3 rings (SSSR count). The second-order valence-corrected chi connectivity index (χ2v) is 6.54. The largest absolute Gasteiger partial charge is 0.338 e. The van der Waals surface area contributed by atoms with Crippen LogP contribution in [0.3, 0.4) is 0 Å². The quantitative estimate of drug-likeness (QED) is 0.791. The van der Waals surface area contributed by atoms with E-state index in [-0.39, 0.29) is 18.0 Å². The summed E-state index contributed by atoms with van der Waals surface area (Å²) in [7, 11) is 0. The van der Waals surface area contributed by atoms with Gasteiger partial charge in [0.1, 0.15) is 6.04 Å². The van der Waals surface area contributed by atoms with E-state index < -0.39 is 0 Å². The lowest BCUT2D eigenvalue weighted by atomic mass is 9.89. The number of piperazine rings is 1. The molecule has 6 nitrogen and oxygen atoms in total. The third kappa shape index (κ3) is 3.67. The topological polar surface area (TPSA) is 64.7 Å². The Morgan fingerprint density at radius 1 is 1.10 bits per heavy atom. The number of amides is 3. The van der Waals surface area contributed by atoms with Gasteiger partial charge >= 0.3 is 6.03 Å². The minimum absolute atomic E-state index is 0.0608. The van der Waals surface area contributed by atoms with Crippen LogP contribution < -0.4 is 10.6 Å². The summed E-state index contributed by atoms with van der Waals surface area (Å²) in [5.74, 6) is 0.921. The summed E-state index contributed by atoms with van der Waals surface area (Å²) >= 11 is 0. The number of carbonyl (C=O) groups excluding carboxylic acids is 2. The average Bonchev–Trinajstić information content (AvgIpc) is 2.95. The number of nitrogens with one attached hydrogen (secondary N) is 2. The molecule has 6 heteroatoms. The van der Waals surface area contributed by atoms with E-state index in [1.165, 1.54) is 38.6 Å². The minimum atomic E-state index is -0.373. The fourth-order valence-electron chi connectivity index (χ4n) is 3.71. The van der Waals surface area contributed by atoms with E-state index >= 15 is 0 Å². The van der Waals surface area contributed by atoms with Crippen molar-refractivity contribution >= 4 is 11.9 Å². The summed E-state index contributed by atoms with van der Waals surface area (Å²) in [6.45, 7) is 5.13. The Balaban J connectivity index is 1.42. The van der Waals surface area contributed by atoms with Gasteiger partial charge < -0.3 is 15.5 Å². The van der Waals surface area contributed by atoms with Crippen LogP contribution in [0.25, 0.3) is 0 Å². The number of urea groups is 1. The SMILES string of the molecule is O=C1NC[C@H](C(=O)N2CCN(CC3CCCCC3)CC2)N1. The van der Waals surface area contributed by atoms with E-state index in [1.807, 2.05) is 4.90 Å². The second-order valence-electron chi connectivity index (χ2n) is 6.54. The van der Waals surface area contributed by atoms with E-state index in [0.29, 0.717) is 6.54 Å². The normalized spacial score (nSPS) is 28.3. The molecule has 3 amide bonds. The summed E-state index contributed by atoms with van der Waals surface area (Å²) in [6.07, 6.45) is 6.92. The zero-order chi connectivity index (χ0) is 14.7. The molecule has 1 aliphatic carbocycles. The van der Waals surface area contributed by atoms with Crippen LogP contribution in [0.5, 0.6) is 0 Å². The molecule has 118 valence electrons. The van der Waals surface area contributed by atoms with E-state index in [4.69, 9.17) is 0 Å². The summed E-state index contributed by atoms with van der Waals surface area (Å²) in [5.41, 5.74) is 0. The monoisotopic (exact) mass is 294 g/mol. The number of hydrogen-bond donors (Lipinski definition) is 2. The van der Waals surface area contributed by atoms with E-state index in [9.17, 15) is 9.59 Å². The maximum Gasteiger partial charge on any atom is 0.315 e. The molecule has 1 saturated carbocycles. The average molecular weight is 294 g/mol. The number of nitrogens with zero attached hydrogens (tertiary/aromatic N) is 2. The predicted molar refractivity (Wildman–Crippen MR) is 79.9 cm³/mol. The smallest absolute Gasteiger partial charge is 0.315 e. The van der Waals surface area contributed by atoms with Crippen LogP contribution in [0.4, 0.5) is 4.79 Å². The second kappa shape index (κ2) is 6.64. The Labute approximate surface area is 126 Å². The molecular formula is C15H26N4O2. The Morgan fingerprint density at radius 3 is 2.43 bits per heavy atom. The van der Waals surface area contributed by atoms with Gasteiger partial charge in [-0.05, 0) is 18.8 Å². The first-order chi connectivity index (χ1) is 10.2. The van der Waals surface area contributed by atoms with Gasteiger partial charge in [-0.1, -0.05) is 19.3 Å². The Morgan fingerprint density at radius 2 is 1.81 bits per heavy atom. The molecule has 2 N–H and O–H groups in total. The molecule has 0 radical (unpaired) electrons. The van der Waals surface area contributed by atoms with Gasteiger partial charge in [0.15, 0.2) is 0 Å². The molecule has 0 aromatic heterocycles. The highest BCUT2D eigenvalue weighted by Crippen LogP contribution is 2.24. The first-order valence-electron chi connectivity index (χ1n) is 8.28. The Kier molecular flexibility index (Phi) is 4.63. The molecule has 0 unspecified atom stereocenters. The van der Waals surface area contributed by atoms with Crippen LogP contribution in [0.1, 0.15) is 32.1 Å². The molecule has 0 spiro atoms. The van der Waals surface area contributed by atoms with Crippen LogP contribution in [-0.2, 0) is 4.79 Å². The minimum Gasteiger partial charge on any atom is -0.338 e. The van der Waals surface area contributed by atoms with Crippen molar-refractivity contribution in [3.8, 4) is 0 Å². The Bertz CT molecular complexity index is 387. The first kappa shape index (κ1) is 14.6. The highest BCUT2D eigenvalue weighted by Gasteiger charge is 2.32. The molecule has 21 heavy (non-hydrogen) atoms. The third-order valence-electron chi connectivity index (χ3n) is 5.00. The standard InChI is InChI=1S/C15H26N4O2/c20-14(13-10-16-15(21)17-13)19-8-6-18(7-9-19)11-12-4-2-1-3-5-12/h12-13H,1-11H2,(H2,16,17,21)/t13-/m1/s1. The molecule has 0 aromatic rings. The molecule has 2 saturated heterocycles. The van der Waals surface area contributed by atoms with Crippen molar-refractivity contribution in [1.82, 2.24) is 20.4 Å². The van der Waals surface area contributed by atoms with Crippen molar-refractivity contribution in [1.29, 1.82) is 0 Å². The van der Waals surface area contributed by atoms with Crippen molar-refractivity contribution < 1.29 is 9.59 Å². The maximum atomic E-state index is 12.3. The first-order valence-corrected chi connectivity index (χ1v) is 8.28. The Hall–Kier alpha value is -1.30. The fraction of sp³-hybridized carbons (Fsp3) is 0.867. The van der Waals surface area contributed by atoms with Gasteiger partial charge in [0.2, 0.25) is 5.91 Å². The molecular weight excluding hydrogens is 268 g/mol. The third-order valence-corrected chi connectivity index (χ3v) is 5.00. The predicted octanol–water partition coefficient (Wildman–Crippen LogP) is 0.392. The van der Waals surface area contributed by atoms with Crippen LogP contribution >= 0.6 is 0 Å². The number of carbonyl (C=O) groups is 2.